The largest absolute Gasteiger partial charge is 0.379 e. The fourth-order valence-electron chi connectivity index (χ4n) is 1.93. The molecular weight excluding hydrogens is 400 g/mol. The summed E-state index contributed by atoms with van der Waals surface area (Å²) >= 11 is 1.78. The predicted octanol–water partition coefficient (Wildman–Crippen LogP) is 1.89. The van der Waals surface area contributed by atoms with Crippen LogP contribution in [-0.2, 0) is 37.9 Å². The Hall–Kier alpha value is 0.0300. The van der Waals surface area contributed by atoms with Crippen LogP contribution in [-0.4, -0.2) is 118 Å². The van der Waals surface area contributed by atoms with E-state index in [9.17, 15) is 0 Å². The Morgan fingerprint density at radius 2 is 0.621 bits per heavy atom. The Labute approximate surface area is 181 Å². The van der Waals surface area contributed by atoms with Crippen molar-refractivity contribution in [2.75, 3.05) is 118 Å². The van der Waals surface area contributed by atoms with Crippen LogP contribution in [0.2, 0.25) is 0 Å². The summed E-state index contributed by atoms with van der Waals surface area (Å²) in [6.07, 6.45) is 3.10. The van der Waals surface area contributed by atoms with Crippen molar-refractivity contribution in [1.29, 1.82) is 0 Å². The number of hydrogen-bond donors (Lipinski definition) is 0. The van der Waals surface area contributed by atoms with Crippen LogP contribution in [0.4, 0.5) is 0 Å². The molecule has 9 heteroatoms. The van der Waals surface area contributed by atoms with Gasteiger partial charge < -0.3 is 37.9 Å². The van der Waals surface area contributed by atoms with E-state index in [1.807, 2.05) is 0 Å². The Morgan fingerprint density at radius 3 is 0.862 bits per heavy atom. The second-order valence-electron chi connectivity index (χ2n) is 5.89. The molecule has 0 aliphatic heterocycles. The van der Waals surface area contributed by atoms with E-state index in [-0.39, 0.29) is 0 Å². The molecule has 0 unspecified atom stereocenters. The molecule has 0 amide bonds. The van der Waals surface area contributed by atoms with E-state index in [4.69, 9.17) is 37.9 Å². The minimum Gasteiger partial charge on any atom is -0.379 e. The van der Waals surface area contributed by atoms with Crippen LogP contribution < -0.4 is 0 Å². The van der Waals surface area contributed by atoms with Crippen LogP contribution in [0.25, 0.3) is 0 Å². The van der Waals surface area contributed by atoms with Crippen molar-refractivity contribution in [3.05, 3.63) is 0 Å². The molecule has 0 radical (unpaired) electrons. The molecule has 29 heavy (non-hydrogen) atoms. The maximum atomic E-state index is 5.43. The van der Waals surface area contributed by atoms with Crippen molar-refractivity contribution in [2.24, 2.45) is 0 Å². The lowest BCUT2D eigenvalue weighted by Gasteiger charge is -2.08. The van der Waals surface area contributed by atoms with E-state index in [0.717, 1.165) is 25.4 Å². The Kier molecular flexibility index (Phi) is 28.1. The van der Waals surface area contributed by atoms with Gasteiger partial charge in [-0.3, -0.25) is 0 Å². The molecule has 0 saturated carbocycles. The van der Waals surface area contributed by atoms with Crippen LogP contribution in [0.3, 0.4) is 0 Å². The quantitative estimate of drug-likeness (QED) is 0.187. The number of thioether (sulfide) groups is 1. The molecule has 0 atom stereocenters. The molecule has 0 spiro atoms. The van der Waals surface area contributed by atoms with Gasteiger partial charge in [0.05, 0.1) is 99.1 Å². The lowest BCUT2D eigenvalue weighted by atomic mass is 10.5. The second kappa shape index (κ2) is 28.0. The zero-order valence-electron chi connectivity index (χ0n) is 18.4. The van der Waals surface area contributed by atoms with Gasteiger partial charge in [0.1, 0.15) is 0 Å². The third kappa shape index (κ3) is 28.0. The molecule has 0 rings (SSSR count). The molecule has 0 aliphatic carbocycles. The van der Waals surface area contributed by atoms with Gasteiger partial charge in [0.15, 0.2) is 0 Å². The first-order valence-electron chi connectivity index (χ1n) is 10.5. The summed E-state index contributed by atoms with van der Waals surface area (Å²) < 4.78 is 43.2. The molecule has 176 valence electrons. The molecule has 8 nitrogen and oxygen atoms in total. The molecule has 0 saturated heterocycles. The molecule has 0 aromatic rings. The van der Waals surface area contributed by atoms with E-state index in [0.29, 0.717) is 92.5 Å². The van der Waals surface area contributed by atoms with E-state index < -0.39 is 0 Å². The smallest absolute Gasteiger partial charge is 0.0701 e. The summed E-state index contributed by atoms with van der Waals surface area (Å²) in [5, 5.41) is 0. The normalized spacial score (nSPS) is 11.4. The van der Waals surface area contributed by atoms with Crippen LogP contribution in [0, 0.1) is 0 Å². The number of ether oxygens (including phenoxy) is 8. The fraction of sp³-hybridized carbons (Fsp3) is 1.00. The number of hydrogen-bond acceptors (Lipinski definition) is 9. The second-order valence-corrected chi connectivity index (χ2v) is 6.88. The highest BCUT2D eigenvalue weighted by atomic mass is 32.2. The standard InChI is InChI=1S/C20H42O8S/c1-3-4-21-5-6-22-7-8-23-9-10-24-11-12-25-13-14-26-15-16-27-17-18-28-19-20-29-2/h3-20H2,1-2H3. The zero-order chi connectivity index (χ0) is 21.1. The summed E-state index contributed by atoms with van der Waals surface area (Å²) in [7, 11) is 0. The van der Waals surface area contributed by atoms with Gasteiger partial charge in [-0.15, -0.1) is 0 Å². The molecular formula is C20H42O8S. The minimum atomic E-state index is 0.550. The van der Waals surface area contributed by atoms with E-state index in [2.05, 4.69) is 13.2 Å². The number of rotatable bonds is 26. The van der Waals surface area contributed by atoms with Crippen LogP contribution in [0.5, 0.6) is 0 Å². The zero-order valence-corrected chi connectivity index (χ0v) is 19.2. The Balaban J connectivity index is 2.97. The first-order chi connectivity index (χ1) is 14.4. The summed E-state index contributed by atoms with van der Waals surface area (Å²) in [6, 6.07) is 0. The van der Waals surface area contributed by atoms with Gasteiger partial charge in [0, 0.05) is 12.4 Å². The average molecular weight is 443 g/mol. The minimum absolute atomic E-state index is 0.550. The summed E-state index contributed by atoms with van der Waals surface area (Å²) in [6.45, 7) is 11.8. The Morgan fingerprint density at radius 1 is 0.379 bits per heavy atom. The van der Waals surface area contributed by atoms with Gasteiger partial charge in [-0.1, -0.05) is 6.92 Å². The van der Waals surface area contributed by atoms with Gasteiger partial charge in [-0.05, 0) is 12.7 Å². The molecule has 0 bridgehead atoms. The van der Waals surface area contributed by atoms with Crippen LogP contribution in [0.15, 0.2) is 0 Å². The highest BCUT2D eigenvalue weighted by Gasteiger charge is 1.95. The average Bonchev–Trinajstić information content (AvgIpc) is 2.74. The highest BCUT2D eigenvalue weighted by Crippen LogP contribution is 1.90. The lowest BCUT2D eigenvalue weighted by Crippen LogP contribution is -2.15. The third-order valence-corrected chi connectivity index (χ3v) is 3.96. The highest BCUT2D eigenvalue weighted by molar-refractivity contribution is 7.98. The van der Waals surface area contributed by atoms with E-state index >= 15 is 0 Å². The summed E-state index contributed by atoms with van der Waals surface area (Å²) in [5.41, 5.74) is 0. The summed E-state index contributed by atoms with van der Waals surface area (Å²) in [4.78, 5) is 0. The van der Waals surface area contributed by atoms with Crippen molar-refractivity contribution in [3.8, 4) is 0 Å². The molecule has 0 fully saturated rings. The first kappa shape index (κ1) is 29.0. The van der Waals surface area contributed by atoms with Gasteiger partial charge >= 0.3 is 0 Å². The van der Waals surface area contributed by atoms with Crippen molar-refractivity contribution in [1.82, 2.24) is 0 Å². The monoisotopic (exact) mass is 442 g/mol. The maximum absolute atomic E-state index is 5.43. The molecule has 0 aliphatic rings. The van der Waals surface area contributed by atoms with E-state index in [1.165, 1.54) is 0 Å². The molecule has 0 aromatic heterocycles. The molecule has 0 N–H and O–H groups in total. The van der Waals surface area contributed by atoms with Gasteiger partial charge in [-0.2, -0.15) is 11.8 Å². The van der Waals surface area contributed by atoms with Gasteiger partial charge in [0.2, 0.25) is 0 Å². The van der Waals surface area contributed by atoms with Crippen LogP contribution >= 0.6 is 11.8 Å². The molecule has 0 heterocycles. The first-order valence-corrected chi connectivity index (χ1v) is 11.9. The SMILES string of the molecule is CCCOCCOCCOCCOCCOCCOCCOCCOCCSC. The van der Waals surface area contributed by atoms with E-state index in [1.54, 1.807) is 11.8 Å². The Bertz CT molecular complexity index is 261. The van der Waals surface area contributed by atoms with Gasteiger partial charge in [-0.25, -0.2) is 0 Å². The maximum Gasteiger partial charge on any atom is 0.0701 e. The topological polar surface area (TPSA) is 73.8 Å². The van der Waals surface area contributed by atoms with Crippen molar-refractivity contribution < 1.29 is 37.9 Å². The lowest BCUT2D eigenvalue weighted by molar-refractivity contribution is -0.0227. The van der Waals surface area contributed by atoms with Crippen LogP contribution in [0.1, 0.15) is 13.3 Å². The fourth-order valence-corrected chi connectivity index (χ4v) is 2.21. The van der Waals surface area contributed by atoms with Crippen molar-refractivity contribution in [3.63, 3.8) is 0 Å². The predicted molar refractivity (Wildman–Crippen MR) is 115 cm³/mol. The molecule has 0 aromatic carbocycles. The van der Waals surface area contributed by atoms with Crippen molar-refractivity contribution in [2.45, 2.75) is 13.3 Å². The van der Waals surface area contributed by atoms with Gasteiger partial charge in [0.25, 0.3) is 0 Å². The van der Waals surface area contributed by atoms with Crippen molar-refractivity contribution >= 4 is 11.8 Å². The third-order valence-electron chi connectivity index (χ3n) is 3.38. The summed E-state index contributed by atoms with van der Waals surface area (Å²) in [5.74, 6) is 1.02.